The highest BCUT2D eigenvalue weighted by Crippen LogP contribution is 2.24. The number of aromatic nitrogens is 3. The minimum Gasteiger partial charge on any atom is -0.503 e. The fourth-order valence-corrected chi connectivity index (χ4v) is 2.57. The Balaban J connectivity index is 1.81. The molecule has 0 saturated heterocycles. The second-order valence-corrected chi connectivity index (χ2v) is 5.29. The molecule has 0 radical (unpaired) electrons. The number of aromatic amines is 1. The third-order valence-corrected chi connectivity index (χ3v) is 3.78. The molecule has 0 aliphatic carbocycles. The van der Waals surface area contributed by atoms with Gasteiger partial charge in [-0.3, -0.25) is 9.78 Å². The molecule has 112 valence electrons. The summed E-state index contributed by atoms with van der Waals surface area (Å²) >= 11 is 0. The van der Waals surface area contributed by atoms with E-state index in [1.807, 2.05) is 48.8 Å². The lowest BCUT2D eigenvalue weighted by molar-refractivity contribution is 0.465. The van der Waals surface area contributed by atoms with Gasteiger partial charge in [0.25, 0.3) is 0 Å². The molecule has 4 rings (SSSR count). The van der Waals surface area contributed by atoms with Gasteiger partial charge in [0, 0.05) is 35.9 Å². The van der Waals surface area contributed by atoms with Crippen LogP contribution < -0.4 is 5.43 Å². The molecule has 2 N–H and O–H groups in total. The van der Waals surface area contributed by atoms with Crippen molar-refractivity contribution in [1.29, 1.82) is 0 Å². The molecule has 5 nitrogen and oxygen atoms in total. The number of rotatable bonds is 2. The normalized spacial score (nSPS) is 11.0. The minimum absolute atomic E-state index is 0.271. The second-order valence-electron chi connectivity index (χ2n) is 5.29. The Morgan fingerprint density at radius 2 is 2.00 bits per heavy atom. The van der Waals surface area contributed by atoms with Gasteiger partial charge in [0.05, 0.1) is 17.2 Å². The Labute approximate surface area is 131 Å². The maximum atomic E-state index is 11.3. The third kappa shape index (κ3) is 2.38. The summed E-state index contributed by atoms with van der Waals surface area (Å²) in [6.07, 6.45) is 6.74. The Hall–Kier alpha value is -3.34. The summed E-state index contributed by atoms with van der Waals surface area (Å²) < 4.78 is 1.71. The summed E-state index contributed by atoms with van der Waals surface area (Å²) in [4.78, 5) is 18.9. The van der Waals surface area contributed by atoms with Crippen LogP contribution in [0.1, 0.15) is 0 Å². The molecule has 0 aliphatic heterocycles. The first kappa shape index (κ1) is 13.3. The molecule has 5 heteroatoms. The first-order chi connectivity index (χ1) is 11.2. The van der Waals surface area contributed by atoms with E-state index in [0.717, 1.165) is 27.8 Å². The molecule has 0 unspecified atom stereocenters. The number of nitrogens with one attached hydrogen (secondary N) is 1. The summed E-state index contributed by atoms with van der Waals surface area (Å²) in [5.41, 5.74) is 4.36. The van der Waals surface area contributed by atoms with Crippen LogP contribution in [0.2, 0.25) is 0 Å². The smallest absolute Gasteiger partial charge is 0.223 e. The predicted molar refractivity (Wildman–Crippen MR) is 88.8 cm³/mol. The summed E-state index contributed by atoms with van der Waals surface area (Å²) in [7, 11) is 0. The predicted octanol–water partition coefficient (Wildman–Crippen LogP) is 3.09. The maximum absolute atomic E-state index is 11.3. The molecule has 3 aromatic heterocycles. The molecule has 4 aromatic rings. The quantitative estimate of drug-likeness (QED) is 0.598. The fourth-order valence-electron chi connectivity index (χ4n) is 2.57. The Morgan fingerprint density at radius 3 is 2.87 bits per heavy atom. The first-order valence-electron chi connectivity index (χ1n) is 7.16. The number of fused-ring (bicyclic) bond motifs is 1. The highest BCUT2D eigenvalue weighted by Gasteiger charge is 2.04. The highest BCUT2D eigenvalue weighted by molar-refractivity contribution is 5.81. The van der Waals surface area contributed by atoms with Gasteiger partial charge in [-0.05, 0) is 29.8 Å². The van der Waals surface area contributed by atoms with Crippen LogP contribution in [0.4, 0.5) is 0 Å². The van der Waals surface area contributed by atoms with Gasteiger partial charge in [-0.15, -0.1) is 0 Å². The third-order valence-electron chi connectivity index (χ3n) is 3.78. The van der Waals surface area contributed by atoms with Crippen molar-refractivity contribution in [1.82, 2.24) is 14.5 Å². The lowest BCUT2D eigenvalue weighted by atomic mass is 10.1. The number of hydrogen-bond acceptors (Lipinski definition) is 3. The van der Waals surface area contributed by atoms with Gasteiger partial charge < -0.3 is 14.7 Å². The average molecular weight is 303 g/mol. The Morgan fingerprint density at radius 1 is 1.09 bits per heavy atom. The summed E-state index contributed by atoms with van der Waals surface area (Å²) in [5.74, 6) is -0.271. The lowest BCUT2D eigenvalue weighted by Gasteiger charge is -2.09. The van der Waals surface area contributed by atoms with E-state index < -0.39 is 0 Å². The number of benzene rings is 1. The van der Waals surface area contributed by atoms with Crippen molar-refractivity contribution in [2.45, 2.75) is 0 Å². The molecular formula is C18H13N3O2. The maximum Gasteiger partial charge on any atom is 0.223 e. The Kier molecular flexibility index (Phi) is 2.98. The van der Waals surface area contributed by atoms with Crippen molar-refractivity contribution < 1.29 is 5.11 Å². The van der Waals surface area contributed by atoms with Crippen LogP contribution in [-0.2, 0) is 0 Å². The van der Waals surface area contributed by atoms with E-state index in [4.69, 9.17) is 0 Å². The SMILES string of the molecule is O=c1ccn(-c2cccc(-c3cnc4cc[nH]c4c3)c2)cc1O. The number of aromatic hydroxyl groups is 1. The van der Waals surface area contributed by atoms with Crippen LogP contribution >= 0.6 is 0 Å². The average Bonchev–Trinajstić information content (AvgIpc) is 3.05. The van der Waals surface area contributed by atoms with Crippen LogP contribution in [-0.4, -0.2) is 19.6 Å². The zero-order valence-corrected chi connectivity index (χ0v) is 12.1. The van der Waals surface area contributed by atoms with Crippen molar-refractivity contribution in [2.24, 2.45) is 0 Å². The number of hydrogen-bond donors (Lipinski definition) is 2. The van der Waals surface area contributed by atoms with Gasteiger partial charge in [0.1, 0.15) is 0 Å². The van der Waals surface area contributed by atoms with Crippen LogP contribution in [0.25, 0.3) is 27.8 Å². The van der Waals surface area contributed by atoms with Gasteiger partial charge >= 0.3 is 0 Å². The minimum atomic E-state index is -0.390. The molecule has 3 heterocycles. The van der Waals surface area contributed by atoms with Gasteiger partial charge in [-0.25, -0.2) is 0 Å². The van der Waals surface area contributed by atoms with Crippen molar-refractivity contribution in [3.05, 3.63) is 77.5 Å². The van der Waals surface area contributed by atoms with Crippen molar-refractivity contribution >= 4 is 11.0 Å². The van der Waals surface area contributed by atoms with Crippen LogP contribution in [0, 0.1) is 0 Å². The lowest BCUT2D eigenvalue weighted by Crippen LogP contribution is -2.03. The van der Waals surface area contributed by atoms with Gasteiger partial charge in [-0.1, -0.05) is 12.1 Å². The van der Waals surface area contributed by atoms with E-state index in [1.54, 1.807) is 10.8 Å². The highest BCUT2D eigenvalue weighted by atomic mass is 16.3. The standard InChI is InChI=1S/C18H13N3O2/c22-17-5-7-21(11-18(17)23)14-3-1-2-12(8-14)13-9-16-15(20-10-13)4-6-19-16/h1-11,19,23H. The first-order valence-corrected chi connectivity index (χ1v) is 7.16. The van der Waals surface area contributed by atoms with Gasteiger partial charge in [0.15, 0.2) is 5.75 Å². The number of pyridine rings is 2. The van der Waals surface area contributed by atoms with E-state index in [2.05, 4.69) is 9.97 Å². The Bertz CT molecular complexity index is 1060. The molecule has 0 saturated carbocycles. The van der Waals surface area contributed by atoms with E-state index >= 15 is 0 Å². The summed E-state index contributed by atoms with van der Waals surface area (Å²) in [6, 6.07) is 13.1. The fraction of sp³-hybridized carbons (Fsp3) is 0. The van der Waals surface area contributed by atoms with Gasteiger partial charge in [0.2, 0.25) is 5.43 Å². The molecule has 0 amide bonds. The summed E-state index contributed by atoms with van der Waals surface area (Å²) in [5, 5.41) is 9.59. The topological polar surface area (TPSA) is 70.9 Å². The van der Waals surface area contributed by atoms with Crippen LogP contribution in [0.5, 0.6) is 5.75 Å². The molecule has 0 bridgehead atoms. The zero-order valence-electron chi connectivity index (χ0n) is 12.1. The van der Waals surface area contributed by atoms with Crippen molar-refractivity contribution in [3.8, 4) is 22.6 Å². The molecule has 0 atom stereocenters. The molecule has 23 heavy (non-hydrogen) atoms. The van der Waals surface area contributed by atoms with Crippen LogP contribution in [0.3, 0.4) is 0 Å². The van der Waals surface area contributed by atoms with E-state index in [9.17, 15) is 9.90 Å². The van der Waals surface area contributed by atoms with E-state index in [-0.39, 0.29) is 11.2 Å². The number of H-pyrrole nitrogens is 1. The molecule has 1 aromatic carbocycles. The molecule has 0 fully saturated rings. The largest absolute Gasteiger partial charge is 0.503 e. The number of nitrogens with zero attached hydrogens (tertiary/aromatic N) is 2. The van der Waals surface area contributed by atoms with E-state index in [0.29, 0.717) is 0 Å². The molecular weight excluding hydrogens is 290 g/mol. The summed E-state index contributed by atoms with van der Waals surface area (Å²) in [6.45, 7) is 0. The van der Waals surface area contributed by atoms with Crippen LogP contribution in [0.15, 0.2) is 72.0 Å². The molecule has 0 spiro atoms. The van der Waals surface area contributed by atoms with Crippen molar-refractivity contribution in [3.63, 3.8) is 0 Å². The van der Waals surface area contributed by atoms with Gasteiger partial charge in [-0.2, -0.15) is 0 Å². The second kappa shape index (κ2) is 5.14. The van der Waals surface area contributed by atoms with E-state index in [1.165, 1.54) is 12.3 Å². The van der Waals surface area contributed by atoms with Crippen molar-refractivity contribution in [2.75, 3.05) is 0 Å². The molecule has 0 aliphatic rings. The monoisotopic (exact) mass is 303 g/mol. The zero-order chi connectivity index (χ0) is 15.8.